The van der Waals surface area contributed by atoms with Crippen molar-refractivity contribution in [1.82, 2.24) is 4.98 Å². The van der Waals surface area contributed by atoms with Gasteiger partial charge in [0.25, 0.3) is 0 Å². The number of aromatic nitrogens is 1. The molecule has 1 amide bonds. The van der Waals surface area contributed by atoms with Crippen molar-refractivity contribution in [3.05, 3.63) is 65.4 Å². The normalized spacial score (nSPS) is 14.0. The predicted octanol–water partition coefficient (Wildman–Crippen LogP) is 4.20. The summed E-state index contributed by atoms with van der Waals surface area (Å²) in [5.74, 6) is 0.139. The third-order valence-corrected chi connectivity index (χ3v) is 4.81. The van der Waals surface area contributed by atoms with E-state index >= 15 is 0 Å². The Bertz CT molecular complexity index is 1040. The molecule has 27 heavy (non-hydrogen) atoms. The van der Waals surface area contributed by atoms with Crippen LogP contribution >= 0.6 is 0 Å². The summed E-state index contributed by atoms with van der Waals surface area (Å²) in [5, 5.41) is 0.912. The zero-order chi connectivity index (χ0) is 19.0. The first-order chi connectivity index (χ1) is 13.0. The molecule has 5 nitrogen and oxygen atoms in total. The molecule has 1 saturated heterocycles. The molecule has 1 aromatic heterocycles. The zero-order valence-corrected chi connectivity index (χ0v) is 15.4. The Morgan fingerprint density at radius 3 is 2.56 bits per heavy atom. The number of amides is 1. The van der Waals surface area contributed by atoms with Crippen LogP contribution in [0.5, 0.6) is 5.75 Å². The van der Waals surface area contributed by atoms with Gasteiger partial charge in [0.2, 0.25) is 5.91 Å². The summed E-state index contributed by atoms with van der Waals surface area (Å²) in [6, 6.07) is 14.8. The van der Waals surface area contributed by atoms with Gasteiger partial charge in [0.15, 0.2) is 0 Å². The molecule has 0 aliphatic carbocycles. The number of anilines is 1. The minimum Gasteiger partial charge on any atom is -0.423 e. The predicted molar refractivity (Wildman–Crippen MR) is 104 cm³/mol. The van der Waals surface area contributed by atoms with E-state index in [-0.39, 0.29) is 5.91 Å². The lowest BCUT2D eigenvalue weighted by atomic mass is 10.1. The minimum absolute atomic E-state index is 0.132. The summed E-state index contributed by atoms with van der Waals surface area (Å²) in [5.41, 5.74) is 3.88. The smallest absolute Gasteiger partial charge is 0.345 e. The molecule has 0 unspecified atom stereocenters. The van der Waals surface area contributed by atoms with E-state index in [9.17, 15) is 9.59 Å². The molecule has 1 fully saturated rings. The van der Waals surface area contributed by atoms with Crippen LogP contribution in [0.15, 0.2) is 48.5 Å². The Labute approximate surface area is 157 Å². The molecule has 1 aliphatic heterocycles. The highest BCUT2D eigenvalue weighted by Crippen LogP contribution is 2.25. The average Bonchev–Trinajstić information content (AvgIpc) is 3.08. The quantitative estimate of drug-likeness (QED) is 0.519. The van der Waals surface area contributed by atoms with Crippen LogP contribution in [0, 0.1) is 13.8 Å². The molecule has 3 aromatic rings. The van der Waals surface area contributed by atoms with Crippen molar-refractivity contribution in [3.63, 3.8) is 0 Å². The molecule has 0 bridgehead atoms. The maximum absolute atomic E-state index is 12.6. The number of esters is 1. The van der Waals surface area contributed by atoms with E-state index < -0.39 is 5.97 Å². The first-order valence-electron chi connectivity index (χ1n) is 9.02. The second kappa shape index (κ2) is 6.83. The molecule has 0 atom stereocenters. The monoisotopic (exact) mass is 360 g/mol. The molecule has 136 valence electrons. The highest BCUT2D eigenvalue weighted by atomic mass is 16.5. The van der Waals surface area contributed by atoms with Crippen LogP contribution in [-0.2, 0) is 4.79 Å². The van der Waals surface area contributed by atoms with Crippen molar-refractivity contribution < 1.29 is 14.3 Å². The summed E-state index contributed by atoms with van der Waals surface area (Å²) in [6.45, 7) is 4.54. The molecule has 0 radical (unpaired) electrons. The number of nitrogens with zero attached hydrogens (tertiary/aromatic N) is 2. The molecule has 0 N–H and O–H groups in total. The zero-order valence-electron chi connectivity index (χ0n) is 15.4. The van der Waals surface area contributed by atoms with Gasteiger partial charge in [-0.3, -0.25) is 9.78 Å². The van der Waals surface area contributed by atoms with E-state index in [1.54, 1.807) is 36.1 Å². The van der Waals surface area contributed by atoms with Gasteiger partial charge >= 0.3 is 5.97 Å². The van der Waals surface area contributed by atoms with Crippen LogP contribution in [0.1, 0.15) is 34.5 Å². The molecule has 2 heterocycles. The standard InChI is InChI=1S/C22H20N2O3/c1-14-5-10-20-16(12-14)13-19(15(2)23-20)22(26)27-18-8-6-17(7-9-18)24-11-3-4-21(24)25/h5-10,12-13H,3-4,11H2,1-2H3. The van der Waals surface area contributed by atoms with Gasteiger partial charge in [-0.25, -0.2) is 4.79 Å². The lowest BCUT2D eigenvalue weighted by Gasteiger charge is -2.16. The lowest BCUT2D eigenvalue weighted by Crippen LogP contribution is -2.23. The fourth-order valence-corrected chi connectivity index (χ4v) is 3.38. The van der Waals surface area contributed by atoms with Crippen LogP contribution < -0.4 is 9.64 Å². The van der Waals surface area contributed by atoms with Crippen molar-refractivity contribution >= 4 is 28.5 Å². The summed E-state index contributed by atoms with van der Waals surface area (Å²) < 4.78 is 5.52. The summed E-state index contributed by atoms with van der Waals surface area (Å²) in [7, 11) is 0. The topological polar surface area (TPSA) is 59.5 Å². The van der Waals surface area contributed by atoms with Crippen molar-refractivity contribution in [1.29, 1.82) is 0 Å². The molecular formula is C22H20N2O3. The number of pyridine rings is 1. The largest absolute Gasteiger partial charge is 0.423 e. The lowest BCUT2D eigenvalue weighted by molar-refractivity contribution is -0.117. The molecule has 2 aromatic carbocycles. The van der Waals surface area contributed by atoms with E-state index in [2.05, 4.69) is 4.98 Å². The number of hydrogen-bond donors (Lipinski definition) is 0. The second-order valence-electron chi connectivity index (χ2n) is 6.85. The number of rotatable bonds is 3. The van der Waals surface area contributed by atoms with Crippen LogP contribution in [0.3, 0.4) is 0 Å². The Morgan fingerprint density at radius 1 is 1.07 bits per heavy atom. The molecule has 5 heteroatoms. The fourth-order valence-electron chi connectivity index (χ4n) is 3.38. The van der Waals surface area contributed by atoms with E-state index in [1.165, 1.54) is 0 Å². The SMILES string of the molecule is Cc1ccc2nc(C)c(C(=O)Oc3ccc(N4CCCC4=O)cc3)cc2c1. The minimum atomic E-state index is -0.437. The van der Waals surface area contributed by atoms with E-state index in [4.69, 9.17) is 4.74 Å². The van der Waals surface area contributed by atoms with Gasteiger partial charge in [0, 0.05) is 24.0 Å². The van der Waals surface area contributed by atoms with Gasteiger partial charge in [-0.15, -0.1) is 0 Å². The van der Waals surface area contributed by atoms with Crippen LogP contribution in [-0.4, -0.2) is 23.4 Å². The number of carbonyl (C=O) groups excluding carboxylic acids is 2. The van der Waals surface area contributed by atoms with Gasteiger partial charge in [0.1, 0.15) is 5.75 Å². The number of ether oxygens (including phenoxy) is 1. The summed E-state index contributed by atoms with van der Waals surface area (Å²) in [4.78, 5) is 30.7. The molecular weight excluding hydrogens is 340 g/mol. The van der Waals surface area contributed by atoms with Crippen molar-refractivity contribution in [2.75, 3.05) is 11.4 Å². The number of carbonyl (C=O) groups is 2. The number of aryl methyl sites for hydroxylation is 2. The maximum Gasteiger partial charge on any atom is 0.345 e. The Morgan fingerprint density at radius 2 is 1.85 bits per heavy atom. The maximum atomic E-state index is 12.6. The average molecular weight is 360 g/mol. The number of benzene rings is 2. The Hall–Kier alpha value is -3.21. The van der Waals surface area contributed by atoms with Gasteiger partial charge in [-0.1, -0.05) is 11.6 Å². The van der Waals surface area contributed by atoms with E-state index in [0.29, 0.717) is 23.4 Å². The summed E-state index contributed by atoms with van der Waals surface area (Å²) >= 11 is 0. The van der Waals surface area contributed by atoms with E-state index in [0.717, 1.165) is 35.1 Å². The second-order valence-corrected chi connectivity index (χ2v) is 6.85. The van der Waals surface area contributed by atoms with Crippen molar-refractivity contribution in [3.8, 4) is 5.75 Å². The highest BCUT2D eigenvalue weighted by molar-refractivity contribution is 5.97. The summed E-state index contributed by atoms with van der Waals surface area (Å²) in [6.07, 6.45) is 1.47. The first-order valence-corrected chi connectivity index (χ1v) is 9.02. The third-order valence-electron chi connectivity index (χ3n) is 4.81. The molecule has 1 aliphatic rings. The van der Waals surface area contributed by atoms with Gasteiger partial charge in [0.05, 0.1) is 16.8 Å². The highest BCUT2D eigenvalue weighted by Gasteiger charge is 2.21. The van der Waals surface area contributed by atoms with Gasteiger partial charge in [-0.2, -0.15) is 0 Å². The molecule has 0 saturated carbocycles. The van der Waals surface area contributed by atoms with Crippen molar-refractivity contribution in [2.24, 2.45) is 0 Å². The fraction of sp³-hybridized carbons (Fsp3) is 0.227. The van der Waals surface area contributed by atoms with Gasteiger partial charge in [-0.05, 0) is 62.7 Å². The van der Waals surface area contributed by atoms with Crippen molar-refractivity contribution in [2.45, 2.75) is 26.7 Å². The van der Waals surface area contributed by atoms with Crippen LogP contribution in [0.25, 0.3) is 10.9 Å². The Balaban J connectivity index is 1.56. The van der Waals surface area contributed by atoms with Crippen LogP contribution in [0.2, 0.25) is 0 Å². The van der Waals surface area contributed by atoms with Crippen LogP contribution in [0.4, 0.5) is 5.69 Å². The first kappa shape index (κ1) is 17.2. The van der Waals surface area contributed by atoms with Gasteiger partial charge < -0.3 is 9.64 Å². The molecule has 0 spiro atoms. The third kappa shape index (κ3) is 3.40. The Kier molecular flexibility index (Phi) is 4.36. The number of hydrogen-bond acceptors (Lipinski definition) is 4. The van der Waals surface area contributed by atoms with E-state index in [1.807, 2.05) is 31.2 Å². The molecule has 4 rings (SSSR count). The number of fused-ring (bicyclic) bond motifs is 1.